The summed E-state index contributed by atoms with van der Waals surface area (Å²) in [5.74, 6) is -0.648. The van der Waals surface area contributed by atoms with Crippen LogP contribution in [-0.4, -0.2) is 22.1 Å². The summed E-state index contributed by atoms with van der Waals surface area (Å²) in [6.45, 7) is 1.58. The van der Waals surface area contributed by atoms with Crippen LogP contribution in [0.4, 0.5) is 4.39 Å². The number of hydrogen-bond acceptors (Lipinski definition) is 3. The Bertz CT molecular complexity index is 941. The van der Waals surface area contributed by atoms with Crippen molar-refractivity contribution in [2.45, 2.75) is 32.0 Å². The van der Waals surface area contributed by atoms with Gasteiger partial charge in [-0.25, -0.2) is 9.18 Å². The van der Waals surface area contributed by atoms with Crippen LogP contribution in [0.25, 0.3) is 11.1 Å². The van der Waals surface area contributed by atoms with Crippen LogP contribution < -0.4 is 5.76 Å². The fraction of sp³-hybridized carbons (Fsp3) is 0.316. The summed E-state index contributed by atoms with van der Waals surface area (Å²) in [5.41, 5.74) is 1.88. The number of para-hydroxylation sites is 2. The largest absolute Gasteiger partial charge is 0.419 e. The van der Waals surface area contributed by atoms with Crippen LogP contribution in [0, 0.1) is 5.82 Å². The minimum Gasteiger partial charge on any atom is -0.408 e. The first-order valence-electron chi connectivity index (χ1n) is 8.39. The Morgan fingerprint density at radius 3 is 2.76 bits per heavy atom. The van der Waals surface area contributed by atoms with E-state index in [1.807, 2.05) is 18.2 Å². The Kier molecular flexibility index (Phi) is 4.36. The molecule has 0 atom stereocenters. The Morgan fingerprint density at radius 1 is 1.20 bits per heavy atom. The van der Waals surface area contributed by atoms with Crippen molar-refractivity contribution in [1.82, 2.24) is 9.47 Å². The molecule has 4 rings (SSSR count). The highest BCUT2D eigenvalue weighted by Crippen LogP contribution is 2.30. The molecule has 1 aromatic heterocycles. The summed E-state index contributed by atoms with van der Waals surface area (Å²) in [4.78, 5) is 14.3. The molecular weight excluding hydrogens is 343 g/mol. The van der Waals surface area contributed by atoms with E-state index >= 15 is 0 Å². The van der Waals surface area contributed by atoms with Gasteiger partial charge in [0.1, 0.15) is 5.82 Å². The Hall–Kier alpha value is -2.11. The topological polar surface area (TPSA) is 38.4 Å². The van der Waals surface area contributed by atoms with Gasteiger partial charge in [-0.3, -0.25) is 9.47 Å². The van der Waals surface area contributed by atoms with Crippen LogP contribution in [0.5, 0.6) is 0 Å². The van der Waals surface area contributed by atoms with E-state index in [0.29, 0.717) is 41.8 Å². The number of halogens is 2. The highest BCUT2D eigenvalue weighted by atomic mass is 35.5. The fourth-order valence-corrected chi connectivity index (χ4v) is 3.39. The minimum absolute atomic E-state index is 0.288. The standard InChI is InChI=1S/C19H18ClFN2O2/c20-15-4-3-5-16(21)14(15)12-22(13-8-9-13)10-11-23-17-6-1-2-7-18(17)25-19(23)24/h1-7,13H,8-12H2. The van der Waals surface area contributed by atoms with Crippen molar-refractivity contribution >= 4 is 22.7 Å². The molecule has 6 heteroatoms. The molecule has 0 radical (unpaired) electrons. The maximum absolute atomic E-state index is 14.1. The van der Waals surface area contributed by atoms with E-state index in [2.05, 4.69) is 4.90 Å². The number of nitrogens with zero attached hydrogens (tertiary/aromatic N) is 2. The molecule has 130 valence electrons. The molecule has 4 nitrogen and oxygen atoms in total. The average molecular weight is 361 g/mol. The van der Waals surface area contributed by atoms with Crippen molar-refractivity contribution in [3.8, 4) is 0 Å². The van der Waals surface area contributed by atoms with E-state index in [4.69, 9.17) is 16.0 Å². The van der Waals surface area contributed by atoms with Crippen molar-refractivity contribution < 1.29 is 8.81 Å². The zero-order valence-electron chi connectivity index (χ0n) is 13.6. The van der Waals surface area contributed by atoms with E-state index in [1.165, 1.54) is 6.07 Å². The maximum Gasteiger partial charge on any atom is 0.419 e. The van der Waals surface area contributed by atoms with E-state index in [9.17, 15) is 9.18 Å². The first kappa shape index (κ1) is 16.4. The third kappa shape index (κ3) is 3.34. The molecule has 1 heterocycles. The van der Waals surface area contributed by atoms with Gasteiger partial charge in [0, 0.05) is 36.3 Å². The predicted molar refractivity (Wildman–Crippen MR) is 95.3 cm³/mol. The third-order valence-electron chi connectivity index (χ3n) is 4.67. The molecule has 25 heavy (non-hydrogen) atoms. The van der Waals surface area contributed by atoms with Crippen LogP contribution in [-0.2, 0) is 13.1 Å². The molecule has 0 amide bonds. The summed E-state index contributed by atoms with van der Waals surface area (Å²) in [7, 11) is 0. The zero-order chi connectivity index (χ0) is 17.4. The van der Waals surface area contributed by atoms with Crippen molar-refractivity contribution in [3.63, 3.8) is 0 Å². The van der Waals surface area contributed by atoms with E-state index in [1.54, 1.807) is 22.8 Å². The quantitative estimate of drug-likeness (QED) is 0.665. The zero-order valence-corrected chi connectivity index (χ0v) is 14.4. The number of benzene rings is 2. The van der Waals surface area contributed by atoms with Crippen LogP contribution in [0.2, 0.25) is 5.02 Å². The first-order valence-corrected chi connectivity index (χ1v) is 8.76. The number of fused-ring (bicyclic) bond motifs is 1. The summed E-state index contributed by atoms with van der Waals surface area (Å²) < 4.78 is 21.0. The molecule has 0 unspecified atom stereocenters. The molecule has 3 aromatic rings. The maximum atomic E-state index is 14.1. The molecule has 0 aliphatic heterocycles. The fourth-order valence-electron chi connectivity index (χ4n) is 3.17. The summed E-state index contributed by atoms with van der Waals surface area (Å²) in [5, 5.41) is 0.441. The Labute approximate surface area is 149 Å². The monoisotopic (exact) mass is 360 g/mol. The van der Waals surface area contributed by atoms with Gasteiger partial charge in [0.25, 0.3) is 0 Å². The summed E-state index contributed by atoms with van der Waals surface area (Å²) >= 11 is 6.16. The van der Waals surface area contributed by atoms with Gasteiger partial charge in [-0.1, -0.05) is 29.8 Å². The Morgan fingerprint density at radius 2 is 2.00 bits per heavy atom. The molecule has 0 spiro atoms. The minimum atomic E-state index is -0.360. The van der Waals surface area contributed by atoms with Gasteiger partial charge >= 0.3 is 5.76 Å². The molecular formula is C19H18ClFN2O2. The van der Waals surface area contributed by atoms with Crippen molar-refractivity contribution in [2.24, 2.45) is 0 Å². The second kappa shape index (κ2) is 6.65. The van der Waals surface area contributed by atoms with Gasteiger partial charge in [0.2, 0.25) is 0 Å². The summed E-state index contributed by atoms with van der Waals surface area (Å²) in [6.07, 6.45) is 2.18. The van der Waals surface area contributed by atoms with Crippen molar-refractivity contribution in [2.75, 3.05) is 6.54 Å². The molecule has 2 aromatic carbocycles. The lowest BCUT2D eigenvalue weighted by Gasteiger charge is -2.23. The number of oxazole rings is 1. The number of hydrogen-bond donors (Lipinski definition) is 0. The lowest BCUT2D eigenvalue weighted by atomic mass is 10.2. The molecule has 0 saturated heterocycles. The molecule has 1 fully saturated rings. The lowest BCUT2D eigenvalue weighted by molar-refractivity contribution is 0.239. The van der Waals surface area contributed by atoms with E-state index in [-0.39, 0.29) is 11.6 Å². The number of aromatic nitrogens is 1. The highest BCUT2D eigenvalue weighted by Gasteiger charge is 2.30. The van der Waals surface area contributed by atoms with Crippen LogP contribution in [0.3, 0.4) is 0 Å². The summed E-state index contributed by atoms with van der Waals surface area (Å²) in [6, 6.07) is 12.5. The lowest BCUT2D eigenvalue weighted by Crippen LogP contribution is -2.31. The van der Waals surface area contributed by atoms with Gasteiger partial charge in [-0.15, -0.1) is 0 Å². The first-order chi connectivity index (χ1) is 12.1. The van der Waals surface area contributed by atoms with E-state index < -0.39 is 0 Å². The molecule has 1 aliphatic carbocycles. The van der Waals surface area contributed by atoms with Crippen LogP contribution in [0.1, 0.15) is 18.4 Å². The highest BCUT2D eigenvalue weighted by molar-refractivity contribution is 6.31. The third-order valence-corrected chi connectivity index (χ3v) is 5.02. The smallest absolute Gasteiger partial charge is 0.408 e. The molecule has 0 N–H and O–H groups in total. The van der Waals surface area contributed by atoms with Gasteiger partial charge < -0.3 is 4.42 Å². The van der Waals surface area contributed by atoms with Crippen molar-refractivity contribution in [3.05, 3.63) is 69.4 Å². The van der Waals surface area contributed by atoms with Gasteiger partial charge in [0.05, 0.1) is 5.52 Å². The average Bonchev–Trinajstić information content (AvgIpc) is 3.38. The SMILES string of the molecule is O=c1oc2ccccc2n1CCN(Cc1c(F)cccc1Cl)C1CC1. The normalized spacial score (nSPS) is 14.5. The predicted octanol–water partition coefficient (Wildman–Crippen LogP) is 4.05. The van der Waals surface area contributed by atoms with Crippen molar-refractivity contribution in [1.29, 1.82) is 0 Å². The molecule has 1 saturated carbocycles. The second-order valence-electron chi connectivity index (χ2n) is 6.39. The van der Waals surface area contributed by atoms with Crippen LogP contribution in [0.15, 0.2) is 51.7 Å². The van der Waals surface area contributed by atoms with Gasteiger partial charge in [-0.05, 0) is 37.1 Å². The Balaban J connectivity index is 1.55. The van der Waals surface area contributed by atoms with Gasteiger partial charge in [-0.2, -0.15) is 0 Å². The van der Waals surface area contributed by atoms with E-state index in [0.717, 1.165) is 18.4 Å². The molecule has 0 bridgehead atoms. The molecule has 1 aliphatic rings. The number of rotatable bonds is 6. The van der Waals surface area contributed by atoms with Crippen LogP contribution >= 0.6 is 11.6 Å². The van der Waals surface area contributed by atoms with Gasteiger partial charge in [0.15, 0.2) is 5.58 Å². The second-order valence-corrected chi connectivity index (χ2v) is 6.80.